The first-order valence-corrected chi connectivity index (χ1v) is 6.37. The molecule has 1 aromatic carbocycles. The summed E-state index contributed by atoms with van der Waals surface area (Å²) < 4.78 is 22.8. The highest BCUT2D eigenvalue weighted by Crippen LogP contribution is 2.19. The number of hydrogen-bond donors (Lipinski definition) is 1. The van der Waals surface area contributed by atoms with E-state index < -0.39 is 9.84 Å². The van der Waals surface area contributed by atoms with Gasteiger partial charge < -0.3 is 5.32 Å². The predicted octanol–water partition coefficient (Wildman–Crippen LogP) is 1.53. The molecule has 0 radical (unpaired) electrons. The van der Waals surface area contributed by atoms with E-state index in [9.17, 15) is 8.42 Å². The average Bonchev–Trinajstić information content (AvgIpc) is 2.17. The molecule has 1 rings (SSSR count). The summed E-state index contributed by atoms with van der Waals surface area (Å²) >= 11 is 0. The number of benzene rings is 1. The zero-order chi connectivity index (χ0) is 11.3. The molecule has 0 atom stereocenters. The Hall–Kier alpha value is -1.47. The highest BCUT2D eigenvalue weighted by atomic mass is 32.2. The number of sulfone groups is 1. The van der Waals surface area contributed by atoms with Gasteiger partial charge in [-0.25, -0.2) is 8.42 Å². The van der Waals surface area contributed by atoms with E-state index in [0.717, 1.165) is 0 Å². The van der Waals surface area contributed by atoms with Crippen LogP contribution in [-0.2, 0) is 9.84 Å². The van der Waals surface area contributed by atoms with E-state index in [-0.39, 0.29) is 0 Å². The van der Waals surface area contributed by atoms with Gasteiger partial charge in [-0.05, 0) is 19.1 Å². The van der Waals surface area contributed by atoms with Crippen molar-refractivity contribution >= 4 is 15.5 Å². The Morgan fingerprint density at radius 2 is 2.00 bits per heavy atom. The van der Waals surface area contributed by atoms with Gasteiger partial charge in [0.1, 0.15) is 0 Å². The lowest BCUT2D eigenvalue weighted by atomic mass is 10.3. The van der Waals surface area contributed by atoms with Crippen LogP contribution in [0.5, 0.6) is 0 Å². The van der Waals surface area contributed by atoms with Crippen LogP contribution in [-0.4, -0.2) is 21.2 Å². The monoisotopic (exact) mass is 223 g/mol. The first kappa shape index (κ1) is 11.6. The lowest BCUT2D eigenvalue weighted by Crippen LogP contribution is -2.05. The molecular weight excluding hydrogens is 210 g/mol. The number of rotatable bonds is 3. The molecule has 3 nitrogen and oxygen atoms in total. The minimum atomic E-state index is -3.18. The lowest BCUT2D eigenvalue weighted by molar-refractivity contribution is 0.602. The van der Waals surface area contributed by atoms with Crippen LogP contribution >= 0.6 is 0 Å². The van der Waals surface area contributed by atoms with Crippen LogP contribution in [0.4, 0.5) is 5.69 Å². The molecule has 0 heterocycles. The van der Waals surface area contributed by atoms with Crippen molar-refractivity contribution in [3.05, 3.63) is 24.3 Å². The van der Waals surface area contributed by atoms with Gasteiger partial charge in [0.05, 0.1) is 17.1 Å². The molecule has 0 aliphatic rings. The van der Waals surface area contributed by atoms with Crippen molar-refractivity contribution < 1.29 is 8.42 Å². The molecule has 0 amide bonds. The molecule has 15 heavy (non-hydrogen) atoms. The summed E-state index contributed by atoms with van der Waals surface area (Å²) in [5.41, 5.74) is 0.600. The van der Waals surface area contributed by atoms with Crippen molar-refractivity contribution in [2.75, 3.05) is 18.1 Å². The summed E-state index contributed by atoms with van der Waals surface area (Å²) in [6, 6.07) is 6.80. The van der Waals surface area contributed by atoms with Crippen molar-refractivity contribution in [2.45, 2.75) is 11.8 Å². The second kappa shape index (κ2) is 4.85. The smallest absolute Gasteiger partial charge is 0.177 e. The Morgan fingerprint density at radius 3 is 2.60 bits per heavy atom. The third kappa shape index (κ3) is 3.30. The molecule has 0 bridgehead atoms. The molecule has 0 spiro atoms. The second-order valence-corrected chi connectivity index (χ2v) is 5.03. The van der Waals surface area contributed by atoms with Gasteiger partial charge in [0, 0.05) is 6.26 Å². The zero-order valence-electron chi connectivity index (χ0n) is 8.74. The van der Waals surface area contributed by atoms with Gasteiger partial charge in [-0.3, -0.25) is 0 Å². The normalized spacial score (nSPS) is 10.3. The predicted molar refractivity (Wildman–Crippen MR) is 61.5 cm³/mol. The number of nitrogens with one attached hydrogen (secondary N) is 1. The van der Waals surface area contributed by atoms with Crippen molar-refractivity contribution in [2.24, 2.45) is 0 Å². The highest BCUT2D eigenvalue weighted by Gasteiger charge is 2.11. The summed E-state index contributed by atoms with van der Waals surface area (Å²) in [6.07, 6.45) is 1.19. The van der Waals surface area contributed by atoms with E-state index >= 15 is 0 Å². The Morgan fingerprint density at radius 1 is 1.33 bits per heavy atom. The van der Waals surface area contributed by atoms with Crippen LogP contribution in [0.15, 0.2) is 29.2 Å². The summed E-state index contributed by atoms with van der Waals surface area (Å²) in [4.78, 5) is 0.308. The zero-order valence-corrected chi connectivity index (χ0v) is 9.56. The Labute approximate surface area is 90.4 Å². The van der Waals surface area contributed by atoms with Gasteiger partial charge in [-0.2, -0.15) is 0 Å². The summed E-state index contributed by atoms with van der Waals surface area (Å²) in [7, 11) is -3.18. The molecule has 0 unspecified atom stereocenters. The first-order valence-electron chi connectivity index (χ1n) is 4.48. The third-order valence-electron chi connectivity index (χ3n) is 1.83. The fourth-order valence-electron chi connectivity index (χ4n) is 1.16. The molecule has 0 saturated heterocycles. The van der Waals surface area contributed by atoms with Crippen molar-refractivity contribution in [1.82, 2.24) is 0 Å². The van der Waals surface area contributed by atoms with Gasteiger partial charge in [-0.15, -0.1) is 5.92 Å². The topological polar surface area (TPSA) is 46.2 Å². The maximum atomic E-state index is 11.4. The van der Waals surface area contributed by atoms with Crippen molar-refractivity contribution in [1.29, 1.82) is 0 Å². The Bertz CT molecular complexity index is 495. The second-order valence-electron chi connectivity index (χ2n) is 3.05. The van der Waals surface area contributed by atoms with Crippen molar-refractivity contribution in [3.63, 3.8) is 0 Å². The molecular formula is C11H13NO2S. The minimum absolute atomic E-state index is 0.308. The fourth-order valence-corrected chi connectivity index (χ4v) is 2.03. The lowest BCUT2D eigenvalue weighted by Gasteiger charge is -2.07. The summed E-state index contributed by atoms with van der Waals surface area (Å²) in [6.45, 7) is 2.19. The number of anilines is 1. The molecule has 0 aliphatic heterocycles. The quantitative estimate of drug-likeness (QED) is 0.790. The Kier molecular flexibility index (Phi) is 3.75. The first-order chi connectivity index (χ1) is 7.05. The van der Waals surface area contributed by atoms with Crippen molar-refractivity contribution in [3.8, 4) is 11.8 Å². The molecule has 0 aromatic heterocycles. The van der Waals surface area contributed by atoms with E-state index in [4.69, 9.17) is 0 Å². The molecule has 4 heteroatoms. The van der Waals surface area contributed by atoms with Crippen LogP contribution in [0, 0.1) is 11.8 Å². The van der Waals surface area contributed by atoms with E-state index in [1.54, 1.807) is 31.2 Å². The molecule has 1 N–H and O–H groups in total. The molecule has 80 valence electrons. The van der Waals surface area contributed by atoms with Crippen LogP contribution in [0.2, 0.25) is 0 Å². The van der Waals surface area contributed by atoms with Crippen LogP contribution in [0.25, 0.3) is 0 Å². The molecule has 0 fully saturated rings. The minimum Gasteiger partial charge on any atom is -0.373 e. The molecule has 0 saturated carbocycles. The van der Waals surface area contributed by atoms with Gasteiger partial charge in [-0.1, -0.05) is 18.1 Å². The van der Waals surface area contributed by atoms with Gasteiger partial charge in [0.15, 0.2) is 9.84 Å². The SMILES string of the molecule is CC#CCNc1ccccc1S(C)(=O)=O. The van der Waals surface area contributed by atoms with Crippen LogP contribution in [0.1, 0.15) is 6.92 Å². The average molecular weight is 223 g/mol. The van der Waals surface area contributed by atoms with Crippen LogP contribution in [0.3, 0.4) is 0 Å². The molecule has 0 aliphatic carbocycles. The number of hydrogen-bond acceptors (Lipinski definition) is 3. The van der Waals surface area contributed by atoms with E-state index in [1.807, 2.05) is 0 Å². The third-order valence-corrected chi connectivity index (χ3v) is 2.99. The van der Waals surface area contributed by atoms with E-state index in [2.05, 4.69) is 17.2 Å². The van der Waals surface area contributed by atoms with Gasteiger partial charge in [0.2, 0.25) is 0 Å². The highest BCUT2D eigenvalue weighted by molar-refractivity contribution is 7.90. The Balaban J connectivity index is 3.01. The van der Waals surface area contributed by atoms with E-state index in [1.165, 1.54) is 6.26 Å². The fraction of sp³-hybridized carbons (Fsp3) is 0.273. The van der Waals surface area contributed by atoms with Crippen LogP contribution < -0.4 is 5.32 Å². The van der Waals surface area contributed by atoms with E-state index in [0.29, 0.717) is 17.1 Å². The number of para-hydroxylation sites is 1. The van der Waals surface area contributed by atoms with Gasteiger partial charge >= 0.3 is 0 Å². The molecule has 1 aromatic rings. The standard InChI is InChI=1S/C11H13NO2S/c1-3-4-9-12-10-7-5-6-8-11(10)15(2,13)14/h5-8,12H,9H2,1-2H3. The van der Waals surface area contributed by atoms with Gasteiger partial charge in [0.25, 0.3) is 0 Å². The largest absolute Gasteiger partial charge is 0.373 e. The maximum Gasteiger partial charge on any atom is 0.177 e. The summed E-state index contributed by atoms with van der Waals surface area (Å²) in [5.74, 6) is 5.55. The maximum absolute atomic E-state index is 11.4. The summed E-state index contributed by atoms with van der Waals surface area (Å²) in [5, 5.41) is 2.97.